The number of rotatable bonds is 4. The molecule has 0 amide bonds. The van der Waals surface area contributed by atoms with Gasteiger partial charge in [0.2, 0.25) is 0 Å². The van der Waals surface area contributed by atoms with Crippen molar-refractivity contribution >= 4 is 5.97 Å². The molecule has 1 aromatic rings. The summed E-state index contributed by atoms with van der Waals surface area (Å²) in [5, 5.41) is 11.4. The van der Waals surface area contributed by atoms with Gasteiger partial charge in [0.15, 0.2) is 11.5 Å². The van der Waals surface area contributed by atoms with E-state index in [-0.39, 0.29) is 12.4 Å². The lowest BCUT2D eigenvalue weighted by molar-refractivity contribution is -0.168. The van der Waals surface area contributed by atoms with Gasteiger partial charge in [0.1, 0.15) is 5.60 Å². The van der Waals surface area contributed by atoms with Gasteiger partial charge in [-0.25, -0.2) is 0 Å². The van der Waals surface area contributed by atoms with Crippen molar-refractivity contribution in [3.8, 4) is 11.5 Å². The molecule has 1 N–H and O–H groups in total. The number of ether oxygens (including phenoxy) is 3. The number of fused-ring (bicyclic) bond motifs is 1. The van der Waals surface area contributed by atoms with Crippen LogP contribution in [0.25, 0.3) is 0 Å². The molecule has 0 aliphatic carbocycles. The second kappa shape index (κ2) is 6.76. The summed E-state index contributed by atoms with van der Waals surface area (Å²) in [6, 6.07) is 3.28. The predicted molar refractivity (Wildman–Crippen MR) is 84.9 cm³/mol. The molecule has 0 unspecified atom stereocenters. The van der Waals surface area contributed by atoms with Gasteiger partial charge in [0.05, 0.1) is 26.7 Å². The van der Waals surface area contributed by atoms with Gasteiger partial charge in [0.25, 0.3) is 0 Å². The maximum Gasteiger partial charge on any atom is 0.308 e. The third-order valence-electron chi connectivity index (χ3n) is 3.75. The first-order valence-corrected chi connectivity index (χ1v) is 7.67. The molecular formula is C17H25NO5. The van der Waals surface area contributed by atoms with Gasteiger partial charge in [0, 0.05) is 6.54 Å². The van der Waals surface area contributed by atoms with Crippen LogP contribution in [0.5, 0.6) is 11.5 Å². The number of hydrogen-bond donors (Lipinski definition) is 1. The van der Waals surface area contributed by atoms with Crippen molar-refractivity contribution in [1.82, 2.24) is 5.06 Å². The highest BCUT2D eigenvalue weighted by Crippen LogP contribution is 2.39. The van der Waals surface area contributed by atoms with Gasteiger partial charge in [-0.1, -0.05) is 0 Å². The molecule has 23 heavy (non-hydrogen) atoms. The monoisotopic (exact) mass is 323 g/mol. The van der Waals surface area contributed by atoms with E-state index in [1.807, 2.05) is 32.9 Å². The maximum atomic E-state index is 12.1. The molecule has 0 aromatic heterocycles. The van der Waals surface area contributed by atoms with Crippen LogP contribution >= 0.6 is 0 Å². The summed E-state index contributed by atoms with van der Waals surface area (Å²) < 4.78 is 16.0. The molecule has 0 spiro atoms. The predicted octanol–water partition coefficient (Wildman–Crippen LogP) is 2.72. The molecule has 0 bridgehead atoms. The van der Waals surface area contributed by atoms with E-state index in [9.17, 15) is 10.0 Å². The topological polar surface area (TPSA) is 68.2 Å². The van der Waals surface area contributed by atoms with Crippen molar-refractivity contribution in [3.63, 3.8) is 0 Å². The van der Waals surface area contributed by atoms with Crippen LogP contribution in [0.15, 0.2) is 12.1 Å². The summed E-state index contributed by atoms with van der Waals surface area (Å²) in [7, 11) is 3.15. The van der Waals surface area contributed by atoms with Gasteiger partial charge >= 0.3 is 5.97 Å². The number of carbonyl (C=O) groups is 1. The van der Waals surface area contributed by atoms with Crippen LogP contribution in [0, 0.1) is 0 Å². The third-order valence-corrected chi connectivity index (χ3v) is 3.75. The molecule has 128 valence electrons. The maximum absolute atomic E-state index is 12.1. The van der Waals surface area contributed by atoms with E-state index < -0.39 is 11.6 Å². The standard InChI is InChI=1S/C17H25NO5/c1-17(2,3)23-16(19)10-13-12-9-15(22-5)14(21-4)8-11(12)6-7-18(13)20/h8-9,13,20H,6-7,10H2,1-5H3/t13-/m0/s1. The average molecular weight is 323 g/mol. The molecule has 0 radical (unpaired) electrons. The summed E-state index contributed by atoms with van der Waals surface area (Å²) in [6.45, 7) is 5.93. The molecule has 1 heterocycles. The smallest absolute Gasteiger partial charge is 0.308 e. The van der Waals surface area contributed by atoms with E-state index in [1.165, 1.54) is 5.06 Å². The molecule has 6 nitrogen and oxygen atoms in total. The first-order chi connectivity index (χ1) is 10.7. The van der Waals surface area contributed by atoms with Gasteiger partial charge in [-0.2, -0.15) is 5.06 Å². The molecule has 6 heteroatoms. The van der Waals surface area contributed by atoms with E-state index in [0.29, 0.717) is 24.5 Å². The Morgan fingerprint density at radius 1 is 1.26 bits per heavy atom. The van der Waals surface area contributed by atoms with E-state index in [2.05, 4.69) is 0 Å². The molecule has 1 aromatic carbocycles. The Labute approximate surface area is 136 Å². The van der Waals surface area contributed by atoms with E-state index >= 15 is 0 Å². The summed E-state index contributed by atoms with van der Waals surface area (Å²) in [6.07, 6.45) is 0.757. The number of hydroxylamine groups is 2. The summed E-state index contributed by atoms with van der Waals surface area (Å²) in [5.74, 6) is 0.883. The Morgan fingerprint density at radius 3 is 2.43 bits per heavy atom. The molecule has 1 aliphatic heterocycles. The lowest BCUT2D eigenvalue weighted by Crippen LogP contribution is -2.35. The van der Waals surface area contributed by atoms with Crippen molar-refractivity contribution in [1.29, 1.82) is 0 Å². The zero-order valence-electron chi connectivity index (χ0n) is 14.4. The number of nitrogens with zero attached hydrogens (tertiary/aromatic N) is 1. The Bertz CT molecular complexity index is 579. The second-order valence-corrected chi connectivity index (χ2v) is 6.63. The highest BCUT2D eigenvalue weighted by Gasteiger charge is 2.31. The fraction of sp³-hybridized carbons (Fsp3) is 0.588. The molecular weight excluding hydrogens is 298 g/mol. The van der Waals surface area contributed by atoms with Gasteiger partial charge < -0.3 is 19.4 Å². The SMILES string of the molecule is COc1cc2c(cc1OC)[C@H](CC(=O)OC(C)(C)C)N(O)CC2. The first-order valence-electron chi connectivity index (χ1n) is 7.67. The molecule has 1 aliphatic rings. The summed E-state index contributed by atoms with van der Waals surface area (Å²) in [5.41, 5.74) is 1.36. The fourth-order valence-electron chi connectivity index (χ4n) is 2.77. The van der Waals surface area contributed by atoms with Gasteiger partial charge in [-0.3, -0.25) is 4.79 Å². The molecule has 0 fully saturated rings. The first kappa shape index (κ1) is 17.6. The van der Waals surface area contributed by atoms with Crippen molar-refractivity contribution in [3.05, 3.63) is 23.3 Å². The van der Waals surface area contributed by atoms with Crippen molar-refractivity contribution < 1.29 is 24.2 Å². The molecule has 0 saturated heterocycles. The lowest BCUT2D eigenvalue weighted by atomic mass is 9.91. The fourth-order valence-corrected chi connectivity index (χ4v) is 2.77. The van der Waals surface area contributed by atoms with Gasteiger partial charge in [-0.15, -0.1) is 0 Å². The minimum absolute atomic E-state index is 0.0796. The zero-order chi connectivity index (χ0) is 17.2. The quantitative estimate of drug-likeness (QED) is 0.859. The zero-order valence-corrected chi connectivity index (χ0v) is 14.4. The number of hydrogen-bond acceptors (Lipinski definition) is 6. The molecule has 0 saturated carbocycles. The van der Waals surface area contributed by atoms with Crippen LogP contribution < -0.4 is 9.47 Å². The Morgan fingerprint density at radius 2 is 1.87 bits per heavy atom. The Hall–Kier alpha value is -1.79. The number of benzene rings is 1. The number of carbonyl (C=O) groups excluding carboxylic acids is 1. The lowest BCUT2D eigenvalue weighted by Gasteiger charge is -2.33. The van der Waals surface area contributed by atoms with E-state index in [4.69, 9.17) is 14.2 Å². The number of methoxy groups -OCH3 is 2. The van der Waals surface area contributed by atoms with Crippen LogP contribution in [0.4, 0.5) is 0 Å². The van der Waals surface area contributed by atoms with Crippen LogP contribution in [-0.2, 0) is 16.0 Å². The van der Waals surface area contributed by atoms with Crippen molar-refractivity contribution in [2.75, 3.05) is 20.8 Å². The molecule has 1 atom stereocenters. The third kappa shape index (κ3) is 4.14. The highest BCUT2D eigenvalue weighted by atomic mass is 16.6. The minimum Gasteiger partial charge on any atom is -0.493 e. The summed E-state index contributed by atoms with van der Waals surface area (Å²) >= 11 is 0. The van der Waals surface area contributed by atoms with E-state index in [0.717, 1.165) is 11.1 Å². The summed E-state index contributed by atoms with van der Waals surface area (Å²) in [4.78, 5) is 12.1. The highest BCUT2D eigenvalue weighted by molar-refractivity contribution is 5.71. The Balaban J connectivity index is 2.30. The minimum atomic E-state index is -0.549. The van der Waals surface area contributed by atoms with Crippen LogP contribution in [0.1, 0.15) is 44.4 Å². The second-order valence-electron chi connectivity index (χ2n) is 6.63. The normalized spacial score (nSPS) is 18.3. The van der Waals surface area contributed by atoms with Crippen molar-refractivity contribution in [2.45, 2.75) is 45.3 Å². The average Bonchev–Trinajstić information content (AvgIpc) is 2.47. The Kier molecular flexibility index (Phi) is 5.16. The molecule has 2 rings (SSSR count). The van der Waals surface area contributed by atoms with E-state index in [1.54, 1.807) is 14.2 Å². The van der Waals surface area contributed by atoms with Gasteiger partial charge in [-0.05, 0) is 50.5 Å². The van der Waals surface area contributed by atoms with Crippen LogP contribution in [0.2, 0.25) is 0 Å². The van der Waals surface area contributed by atoms with Crippen molar-refractivity contribution in [2.24, 2.45) is 0 Å². The number of esters is 1. The van der Waals surface area contributed by atoms with Crippen LogP contribution in [0.3, 0.4) is 0 Å². The van der Waals surface area contributed by atoms with Crippen LogP contribution in [-0.4, -0.2) is 42.6 Å². The largest absolute Gasteiger partial charge is 0.493 e.